The molecule has 1 saturated heterocycles. The van der Waals surface area contributed by atoms with E-state index in [0.717, 1.165) is 21.8 Å². The second kappa shape index (κ2) is 5.35. The average molecular weight is 349 g/mol. The average Bonchev–Trinajstić information content (AvgIpc) is 3.10. The van der Waals surface area contributed by atoms with Crippen molar-refractivity contribution in [2.24, 2.45) is 0 Å². The van der Waals surface area contributed by atoms with Crippen LogP contribution in [0.5, 0.6) is 5.75 Å². The van der Waals surface area contributed by atoms with Crippen molar-refractivity contribution in [2.45, 2.75) is 19.1 Å². The van der Waals surface area contributed by atoms with Crippen LogP contribution >= 0.6 is 11.3 Å². The molecule has 0 spiro atoms. The smallest absolute Gasteiger partial charge is 0.261 e. The number of nitrogens with one attached hydrogen (secondary N) is 1. The van der Waals surface area contributed by atoms with Crippen LogP contribution in [-0.4, -0.2) is 31.9 Å². The zero-order valence-electron chi connectivity index (χ0n) is 12.2. The van der Waals surface area contributed by atoms with Crippen LogP contribution in [0.15, 0.2) is 30.3 Å². The van der Waals surface area contributed by atoms with Gasteiger partial charge in [0.25, 0.3) is 5.91 Å². The second-order valence-corrected chi connectivity index (χ2v) is 9.10. The molecule has 7 heteroatoms. The predicted octanol–water partition coefficient (Wildman–Crippen LogP) is 2.22. The van der Waals surface area contributed by atoms with E-state index in [2.05, 4.69) is 5.32 Å². The highest BCUT2D eigenvalue weighted by Crippen LogP contribution is 2.42. The first kappa shape index (κ1) is 14.7. The number of carbonyl (C=O) groups is 1. The maximum Gasteiger partial charge on any atom is 0.261 e. The van der Waals surface area contributed by atoms with Gasteiger partial charge >= 0.3 is 0 Å². The Hall–Kier alpha value is -1.86. The molecule has 1 fully saturated rings. The van der Waals surface area contributed by atoms with E-state index in [-0.39, 0.29) is 23.5 Å². The first-order valence-electron chi connectivity index (χ1n) is 7.38. The number of hydrogen-bond acceptors (Lipinski definition) is 5. The lowest BCUT2D eigenvalue weighted by Gasteiger charge is -2.16. The van der Waals surface area contributed by atoms with Crippen LogP contribution < -0.4 is 10.1 Å². The summed E-state index contributed by atoms with van der Waals surface area (Å²) in [6, 6.07) is 9.33. The van der Waals surface area contributed by atoms with E-state index in [0.29, 0.717) is 17.9 Å². The van der Waals surface area contributed by atoms with E-state index in [4.69, 9.17) is 4.74 Å². The Balaban J connectivity index is 1.58. The number of carbonyl (C=O) groups excluding carboxylic acids is 1. The number of rotatable bonds is 2. The molecule has 23 heavy (non-hydrogen) atoms. The fraction of sp³-hybridized carbons (Fsp3) is 0.312. The molecule has 2 aromatic rings. The fourth-order valence-corrected chi connectivity index (χ4v) is 5.75. The third kappa shape index (κ3) is 2.74. The quantitative estimate of drug-likeness (QED) is 0.902. The van der Waals surface area contributed by atoms with Gasteiger partial charge in [-0.2, -0.15) is 0 Å². The minimum absolute atomic E-state index is 0.0375. The highest BCUT2D eigenvalue weighted by Gasteiger charge is 2.30. The normalized spacial score (nSPS) is 21.1. The molecule has 3 heterocycles. The summed E-state index contributed by atoms with van der Waals surface area (Å²) in [6.07, 6.45) is 0.491. The lowest BCUT2D eigenvalue weighted by atomic mass is 10.1. The lowest BCUT2D eigenvalue weighted by Crippen LogP contribution is -2.35. The zero-order valence-corrected chi connectivity index (χ0v) is 13.9. The molecule has 1 N–H and O–H groups in total. The van der Waals surface area contributed by atoms with Gasteiger partial charge in [0.2, 0.25) is 0 Å². The van der Waals surface area contributed by atoms with Crippen molar-refractivity contribution in [1.29, 1.82) is 0 Å². The van der Waals surface area contributed by atoms with Gasteiger partial charge in [0.15, 0.2) is 9.84 Å². The standard InChI is InChI=1S/C16H15NO4S2/c18-16(17-11-5-6-23(19,20)9-11)14-7-10-8-21-13-4-2-1-3-12(13)15(10)22-14/h1-4,7,11H,5-6,8-9H2,(H,17,18). The minimum Gasteiger partial charge on any atom is -0.488 e. The Bertz CT molecular complexity index is 885. The summed E-state index contributed by atoms with van der Waals surface area (Å²) < 4.78 is 28.7. The summed E-state index contributed by atoms with van der Waals surface area (Å²) in [6.45, 7) is 0.452. The third-order valence-electron chi connectivity index (χ3n) is 4.12. The molecule has 0 radical (unpaired) electrons. The van der Waals surface area contributed by atoms with Crippen molar-refractivity contribution in [2.75, 3.05) is 11.5 Å². The first-order valence-corrected chi connectivity index (χ1v) is 10.0. The molecule has 0 aliphatic carbocycles. The summed E-state index contributed by atoms with van der Waals surface area (Å²) in [5.41, 5.74) is 2.00. The van der Waals surface area contributed by atoms with E-state index in [1.807, 2.05) is 30.3 Å². The van der Waals surface area contributed by atoms with E-state index < -0.39 is 9.84 Å². The highest BCUT2D eigenvalue weighted by molar-refractivity contribution is 7.91. The topological polar surface area (TPSA) is 72.5 Å². The SMILES string of the molecule is O=C(NC1CCS(=O)(=O)C1)c1cc2c(s1)-c1ccccc1OC2. The van der Waals surface area contributed by atoms with E-state index in [1.54, 1.807) is 0 Å². The van der Waals surface area contributed by atoms with Crippen LogP contribution in [0, 0.1) is 0 Å². The van der Waals surface area contributed by atoms with Crippen LogP contribution in [-0.2, 0) is 16.4 Å². The molecule has 1 aromatic carbocycles. The Morgan fingerprint density at radius 2 is 2.13 bits per heavy atom. The molecule has 120 valence electrons. The summed E-state index contributed by atoms with van der Waals surface area (Å²) >= 11 is 1.43. The minimum atomic E-state index is -3.00. The second-order valence-electron chi connectivity index (χ2n) is 5.82. The molecule has 1 unspecified atom stereocenters. The van der Waals surface area contributed by atoms with Crippen molar-refractivity contribution < 1.29 is 17.9 Å². The van der Waals surface area contributed by atoms with Crippen molar-refractivity contribution in [1.82, 2.24) is 5.32 Å². The van der Waals surface area contributed by atoms with Crippen LogP contribution in [0.4, 0.5) is 0 Å². The third-order valence-corrected chi connectivity index (χ3v) is 7.09. The summed E-state index contributed by atoms with van der Waals surface area (Å²) in [5, 5.41) is 2.84. The van der Waals surface area contributed by atoms with Crippen LogP contribution in [0.2, 0.25) is 0 Å². The molecule has 2 aliphatic heterocycles. The van der Waals surface area contributed by atoms with Crippen molar-refractivity contribution >= 4 is 27.1 Å². The van der Waals surface area contributed by atoms with E-state index in [1.165, 1.54) is 11.3 Å². The molecule has 4 rings (SSSR count). The van der Waals surface area contributed by atoms with Crippen LogP contribution in [0.3, 0.4) is 0 Å². The summed E-state index contributed by atoms with van der Waals surface area (Å²) in [7, 11) is -3.00. The Morgan fingerprint density at radius 1 is 1.30 bits per heavy atom. The highest BCUT2D eigenvalue weighted by atomic mass is 32.2. The number of ether oxygens (including phenoxy) is 1. The fourth-order valence-electron chi connectivity index (χ4n) is 2.98. The largest absolute Gasteiger partial charge is 0.488 e. The maximum absolute atomic E-state index is 12.4. The van der Waals surface area contributed by atoms with Gasteiger partial charge in [-0.1, -0.05) is 12.1 Å². The van der Waals surface area contributed by atoms with Gasteiger partial charge in [-0.15, -0.1) is 11.3 Å². The molecular weight excluding hydrogens is 334 g/mol. The van der Waals surface area contributed by atoms with Crippen molar-refractivity contribution in [3.63, 3.8) is 0 Å². The number of thiophene rings is 1. The number of fused-ring (bicyclic) bond motifs is 3. The van der Waals surface area contributed by atoms with E-state index >= 15 is 0 Å². The van der Waals surface area contributed by atoms with Gasteiger partial charge in [-0.25, -0.2) is 8.42 Å². The van der Waals surface area contributed by atoms with Gasteiger partial charge in [-0.3, -0.25) is 4.79 Å². The first-order chi connectivity index (χ1) is 11.0. The number of amides is 1. The molecule has 1 aromatic heterocycles. The molecule has 1 atom stereocenters. The molecule has 0 bridgehead atoms. The van der Waals surface area contributed by atoms with Gasteiger partial charge in [0.05, 0.1) is 16.4 Å². The monoisotopic (exact) mass is 349 g/mol. The van der Waals surface area contributed by atoms with Gasteiger partial charge < -0.3 is 10.1 Å². The lowest BCUT2D eigenvalue weighted by molar-refractivity contribution is 0.0945. The molecule has 5 nitrogen and oxygen atoms in total. The van der Waals surface area contributed by atoms with E-state index in [9.17, 15) is 13.2 Å². The van der Waals surface area contributed by atoms with Gasteiger partial charge in [0.1, 0.15) is 12.4 Å². The molecule has 0 saturated carbocycles. The summed E-state index contributed by atoms with van der Waals surface area (Å²) in [5.74, 6) is 0.815. The predicted molar refractivity (Wildman–Crippen MR) is 88.6 cm³/mol. The molecule has 1 amide bonds. The number of para-hydroxylation sites is 1. The summed E-state index contributed by atoms with van der Waals surface area (Å²) in [4.78, 5) is 14.1. The Labute approximate surface area is 138 Å². The van der Waals surface area contributed by atoms with Crippen LogP contribution in [0.1, 0.15) is 21.7 Å². The zero-order chi connectivity index (χ0) is 16.0. The molecule has 2 aliphatic rings. The number of hydrogen-bond donors (Lipinski definition) is 1. The van der Waals surface area contributed by atoms with Crippen molar-refractivity contribution in [3.05, 3.63) is 40.8 Å². The van der Waals surface area contributed by atoms with Crippen LogP contribution in [0.25, 0.3) is 10.4 Å². The number of benzene rings is 1. The van der Waals surface area contributed by atoms with Crippen molar-refractivity contribution in [3.8, 4) is 16.2 Å². The Kier molecular flexibility index (Phi) is 3.42. The molecular formula is C16H15NO4S2. The Morgan fingerprint density at radius 3 is 2.91 bits per heavy atom. The van der Waals surface area contributed by atoms with Gasteiger partial charge in [0, 0.05) is 22.0 Å². The maximum atomic E-state index is 12.4. The van der Waals surface area contributed by atoms with Gasteiger partial charge in [-0.05, 0) is 24.6 Å². The number of sulfone groups is 1.